The van der Waals surface area contributed by atoms with Crippen LogP contribution < -0.4 is 14.8 Å². The van der Waals surface area contributed by atoms with E-state index in [9.17, 15) is 4.79 Å². The van der Waals surface area contributed by atoms with Gasteiger partial charge in [0.05, 0.1) is 26.3 Å². The Bertz CT molecular complexity index is 967. The van der Waals surface area contributed by atoms with Crippen molar-refractivity contribution in [1.29, 1.82) is 0 Å². The molecule has 0 fully saturated rings. The Hall–Kier alpha value is -2.32. The predicted octanol–water partition coefficient (Wildman–Crippen LogP) is 4.39. The molecule has 8 heteroatoms. The maximum absolute atomic E-state index is 12.2. The number of thiazole rings is 1. The summed E-state index contributed by atoms with van der Waals surface area (Å²) in [5.74, 6) is 2.82. The van der Waals surface area contributed by atoms with Gasteiger partial charge in [0.15, 0.2) is 22.3 Å². The van der Waals surface area contributed by atoms with Crippen molar-refractivity contribution < 1.29 is 18.7 Å². The van der Waals surface area contributed by atoms with E-state index in [1.54, 1.807) is 14.2 Å². The minimum Gasteiger partial charge on any atom is -0.493 e. The zero-order valence-corrected chi connectivity index (χ0v) is 18.3. The molecule has 3 aromatic rings. The van der Waals surface area contributed by atoms with E-state index < -0.39 is 0 Å². The van der Waals surface area contributed by atoms with Crippen molar-refractivity contribution in [3.63, 3.8) is 0 Å². The lowest BCUT2D eigenvalue weighted by molar-refractivity contribution is -0.120. The number of furan rings is 1. The molecule has 2 heterocycles. The predicted molar refractivity (Wildman–Crippen MR) is 112 cm³/mol. The second-order valence-corrected chi connectivity index (χ2v) is 7.84. The first-order chi connectivity index (χ1) is 13.5. The molecular weight excluding hydrogens is 444 g/mol. The molecular formula is C20H21BrN2O4S. The Morgan fingerprint density at radius 2 is 2.00 bits per heavy atom. The summed E-state index contributed by atoms with van der Waals surface area (Å²) in [6.07, 6.45) is 0.907. The number of aryl methyl sites for hydroxylation is 1. The summed E-state index contributed by atoms with van der Waals surface area (Å²) in [6, 6.07) is 7.56. The number of nitrogens with one attached hydrogen (secondary N) is 1. The number of benzene rings is 1. The third-order valence-electron chi connectivity index (χ3n) is 4.11. The summed E-state index contributed by atoms with van der Waals surface area (Å²) >= 11 is 5.00. The van der Waals surface area contributed by atoms with Gasteiger partial charge in [0.25, 0.3) is 0 Å². The van der Waals surface area contributed by atoms with Gasteiger partial charge in [0, 0.05) is 16.4 Å². The molecule has 0 aliphatic heterocycles. The van der Waals surface area contributed by atoms with Gasteiger partial charge in [-0.05, 0) is 43.2 Å². The molecule has 1 N–H and O–H groups in total. The number of rotatable bonds is 8. The number of nitrogens with zero attached hydrogens (tertiary/aromatic N) is 1. The highest BCUT2D eigenvalue weighted by atomic mass is 79.9. The molecule has 0 unspecified atom stereocenters. The molecule has 3 rings (SSSR count). The number of halogens is 1. The lowest BCUT2D eigenvalue weighted by atomic mass is 10.1. The quantitative estimate of drug-likeness (QED) is 0.534. The third kappa shape index (κ3) is 4.94. The van der Waals surface area contributed by atoms with Crippen LogP contribution in [0.25, 0.3) is 10.8 Å². The SMILES string of the molecule is COc1cc(Br)c(CCNC(=O)Cc2csc(-c3ccc(C)o3)n2)cc1OC. The number of hydrogen-bond acceptors (Lipinski definition) is 6. The average molecular weight is 465 g/mol. The maximum Gasteiger partial charge on any atom is 0.226 e. The largest absolute Gasteiger partial charge is 0.493 e. The van der Waals surface area contributed by atoms with E-state index in [4.69, 9.17) is 13.9 Å². The Kier molecular flexibility index (Phi) is 6.74. The fourth-order valence-electron chi connectivity index (χ4n) is 2.70. The summed E-state index contributed by atoms with van der Waals surface area (Å²) in [7, 11) is 3.20. The smallest absolute Gasteiger partial charge is 0.226 e. The minimum absolute atomic E-state index is 0.0657. The second-order valence-electron chi connectivity index (χ2n) is 6.13. The molecule has 0 saturated carbocycles. The normalized spacial score (nSPS) is 10.7. The Morgan fingerprint density at radius 1 is 1.25 bits per heavy atom. The zero-order chi connectivity index (χ0) is 20.1. The van der Waals surface area contributed by atoms with Crippen molar-refractivity contribution in [2.75, 3.05) is 20.8 Å². The van der Waals surface area contributed by atoms with Crippen LogP contribution in [-0.2, 0) is 17.6 Å². The van der Waals surface area contributed by atoms with Gasteiger partial charge in [-0.15, -0.1) is 11.3 Å². The fraction of sp³-hybridized carbons (Fsp3) is 0.300. The van der Waals surface area contributed by atoms with Crippen LogP contribution in [0.15, 0.2) is 38.5 Å². The molecule has 1 aromatic carbocycles. The van der Waals surface area contributed by atoms with Gasteiger partial charge < -0.3 is 19.2 Å². The Morgan fingerprint density at radius 3 is 2.68 bits per heavy atom. The molecule has 0 spiro atoms. The van der Waals surface area contributed by atoms with E-state index in [-0.39, 0.29) is 12.3 Å². The van der Waals surface area contributed by atoms with Crippen molar-refractivity contribution >= 4 is 33.2 Å². The Balaban J connectivity index is 1.53. The first kappa shape index (κ1) is 20.4. The molecule has 0 bridgehead atoms. The van der Waals surface area contributed by atoms with E-state index in [0.717, 1.165) is 32.3 Å². The number of hydrogen-bond donors (Lipinski definition) is 1. The van der Waals surface area contributed by atoms with Crippen LogP contribution in [0.3, 0.4) is 0 Å². The van der Waals surface area contributed by atoms with Crippen LogP contribution in [0, 0.1) is 6.92 Å². The van der Waals surface area contributed by atoms with Crippen LogP contribution in [0.5, 0.6) is 11.5 Å². The molecule has 1 amide bonds. The molecule has 6 nitrogen and oxygen atoms in total. The van der Waals surface area contributed by atoms with Crippen molar-refractivity contribution in [1.82, 2.24) is 10.3 Å². The van der Waals surface area contributed by atoms with Gasteiger partial charge in [-0.25, -0.2) is 4.98 Å². The van der Waals surface area contributed by atoms with Gasteiger partial charge in [-0.3, -0.25) is 4.79 Å². The van der Waals surface area contributed by atoms with Crippen molar-refractivity contribution in [2.45, 2.75) is 19.8 Å². The third-order valence-corrected chi connectivity index (χ3v) is 5.76. The molecule has 0 atom stereocenters. The molecule has 2 aromatic heterocycles. The highest BCUT2D eigenvalue weighted by molar-refractivity contribution is 9.10. The number of carbonyl (C=O) groups is 1. The first-order valence-electron chi connectivity index (χ1n) is 8.68. The van der Waals surface area contributed by atoms with Crippen LogP contribution >= 0.6 is 27.3 Å². The summed E-state index contributed by atoms with van der Waals surface area (Å²) < 4.78 is 17.1. The lowest BCUT2D eigenvalue weighted by Gasteiger charge is -2.12. The van der Waals surface area contributed by atoms with Crippen LogP contribution in [0.1, 0.15) is 17.0 Å². The van der Waals surface area contributed by atoms with Crippen molar-refractivity contribution in [3.05, 3.63) is 51.1 Å². The lowest BCUT2D eigenvalue weighted by Crippen LogP contribution is -2.27. The second kappa shape index (κ2) is 9.25. The van der Waals surface area contributed by atoms with Gasteiger partial charge in [-0.2, -0.15) is 0 Å². The topological polar surface area (TPSA) is 73.6 Å². The monoisotopic (exact) mass is 464 g/mol. The summed E-state index contributed by atoms with van der Waals surface area (Å²) in [5, 5.41) is 5.60. The van der Waals surface area contributed by atoms with E-state index in [1.165, 1.54) is 11.3 Å². The maximum atomic E-state index is 12.2. The molecule has 0 saturated heterocycles. The van der Waals surface area contributed by atoms with E-state index >= 15 is 0 Å². The molecule has 148 valence electrons. The summed E-state index contributed by atoms with van der Waals surface area (Å²) in [6.45, 7) is 2.41. The highest BCUT2D eigenvalue weighted by Gasteiger charge is 2.12. The van der Waals surface area contributed by atoms with Gasteiger partial charge in [0.1, 0.15) is 5.76 Å². The van der Waals surface area contributed by atoms with Crippen LogP contribution in [-0.4, -0.2) is 31.7 Å². The number of amides is 1. The van der Waals surface area contributed by atoms with Crippen LogP contribution in [0.4, 0.5) is 0 Å². The number of methoxy groups -OCH3 is 2. The van der Waals surface area contributed by atoms with Gasteiger partial charge in [-0.1, -0.05) is 15.9 Å². The number of carbonyl (C=O) groups excluding carboxylic acids is 1. The van der Waals surface area contributed by atoms with E-state index in [0.29, 0.717) is 24.5 Å². The summed E-state index contributed by atoms with van der Waals surface area (Å²) in [5.41, 5.74) is 1.76. The average Bonchev–Trinajstić information content (AvgIpc) is 3.31. The van der Waals surface area contributed by atoms with Crippen molar-refractivity contribution in [2.24, 2.45) is 0 Å². The molecule has 0 aliphatic rings. The minimum atomic E-state index is -0.0657. The molecule has 0 aliphatic carbocycles. The standard InChI is InChI=1S/C20H21BrN2O4S/c1-12-4-5-16(27-12)20-23-14(11-28-20)9-19(24)22-7-6-13-8-17(25-2)18(26-3)10-15(13)21/h4-5,8,10-11H,6-7,9H2,1-3H3,(H,22,24). The number of aromatic nitrogens is 1. The molecule has 28 heavy (non-hydrogen) atoms. The van der Waals surface area contributed by atoms with Gasteiger partial charge >= 0.3 is 0 Å². The first-order valence-corrected chi connectivity index (χ1v) is 10.4. The highest BCUT2D eigenvalue weighted by Crippen LogP contribution is 2.33. The van der Waals surface area contributed by atoms with Crippen LogP contribution in [0.2, 0.25) is 0 Å². The van der Waals surface area contributed by atoms with Crippen molar-refractivity contribution in [3.8, 4) is 22.3 Å². The Labute approximate surface area is 176 Å². The number of ether oxygens (including phenoxy) is 2. The van der Waals surface area contributed by atoms with E-state index in [1.807, 2.05) is 36.6 Å². The van der Waals surface area contributed by atoms with E-state index in [2.05, 4.69) is 26.2 Å². The molecule has 0 radical (unpaired) electrons. The summed E-state index contributed by atoms with van der Waals surface area (Å²) in [4.78, 5) is 16.7. The van der Waals surface area contributed by atoms with Gasteiger partial charge in [0.2, 0.25) is 5.91 Å². The fourth-order valence-corrected chi connectivity index (χ4v) is 4.00. The zero-order valence-electron chi connectivity index (χ0n) is 15.9.